The van der Waals surface area contributed by atoms with Crippen molar-refractivity contribution in [3.8, 4) is 0 Å². The van der Waals surface area contributed by atoms with Crippen molar-refractivity contribution in [3.05, 3.63) is 22.8 Å². The monoisotopic (exact) mass is 372 g/mol. The summed E-state index contributed by atoms with van der Waals surface area (Å²) < 4.78 is 6.29. The zero-order valence-electron chi connectivity index (χ0n) is 12.4. The van der Waals surface area contributed by atoms with Gasteiger partial charge in [-0.1, -0.05) is 6.92 Å². The van der Waals surface area contributed by atoms with Crippen LogP contribution in [-0.4, -0.2) is 35.4 Å². The van der Waals surface area contributed by atoms with Crippen molar-refractivity contribution in [1.82, 2.24) is 10.3 Å². The van der Waals surface area contributed by atoms with E-state index in [-0.39, 0.29) is 5.97 Å². The van der Waals surface area contributed by atoms with Crippen LogP contribution in [0.25, 0.3) is 0 Å². The number of hydrogen-bond acceptors (Lipinski definition) is 5. The molecular weight excluding hydrogens is 352 g/mol. The lowest BCUT2D eigenvalue weighted by molar-refractivity contribution is -0.151. The Hall–Kier alpha value is -0.590. The Bertz CT molecular complexity index is 496. The van der Waals surface area contributed by atoms with Crippen LogP contribution in [0, 0.1) is 5.92 Å². The van der Waals surface area contributed by atoms with E-state index in [1.807, 2.05) is 26.0 Å². The predicted octanol–water partition coefficient (Wildman–Crippen LogP) is 3.26. The van der Waals surface area contributed by atoms with Gasteiger partial charge in [0, 0.05) is 16.4 Å². The molecule has 4 nitrogen and oxygen atoms in total. The number of halogens is 1. The highest BCUT2D eigenvalue weighted by Gasteiger charge is 2.51. The van der Waals surface area contributed by atoms with E-state index < -0.39 is 5.54 Å². The largest absolute Gasteiger partial charge is 0.465 e. The SMILES string of the molecule is CCNC(CSc1ncccc1Br)(C(=O)OCC)C1CC1. The summed E-state index contributed by atoms with van der Waals surface area (Å²) in [6.07, 6.45) is 3.93. The van der Waals surface area contributed by atoms with E-state index >= 15 is 0 Å². The summed E-state index contributed by atoms with van der Waals surface area (Å²) in [5.74, 6) is 0.875. The molecule has 0 saturated heterocycles. The number of aromatic nitrogens is 1. The first-order valence-electron chi connectivity index (χ1n) is 7.29. The summed E-state index contributed by atoms with van der Waals surface area (Å²) in [4.78, 5) is 16.9. The van der Waals surface area contributed by atoms with E-state index in [0.717, 1.165) is 28.9 Å². The lowest BCUT2D eigenvalue weighted by Gasteiger charge is -2.32. The van der Waals surface area contributed by atoms with Crippen LogP contribution in [0.15, 0.2) is 27.8 Å². The lowest BCUT2D eigenvalue weighted by Crippen LogP contribution is -2.57. The molecular formula is C15H21BrN2O2S. The summed E-state index contributed by atoms with van der Waals surface area (Å²) in [6, 6.07) is 3.85. The maximum Gasteiger partial charge on any atom is 0.327 e. The minimum Gasteiger partial charge on any atom is -0.465 e. The van der Waals surface area contributed by atoms with Crippen LogP contribution in [0.4, 0.5) is 0 Å². The van der Waals surface area contributed by atoms with E-state index in [0.29, 0.717) is 18.3 Å². The molecule has 1 aromatic heterocycles. The number of carbonyl (C=O) groups is 1. The first-order valence-corrected chi connectivity index (χ1v) is 9.07. The van der Waals surface area contributed by atoms with Crippen LogP contribution in [-0.2, 0) is 9.53 Å². The molecule has 2 rings (SSSR count). The van der Waals surface area contributed by atoms with E-state index in [1.54, 1.807) is 18.0 Å². The van der Waals surface area contributed by atoms with Crippen LogP contribution < -0.4 is 5.32 Å². The van der Waals surface area contributed by atoms with E-state index in [2.05, 4.69) is 26.2 Å². The molecule has 116 valence electrons. The maximum atomic E-state index is 12.5. The average molecular weight is 373 g/mol. The van der Waals surface area contributed by atoms with E-state index in [4.69, 9.17) is 4.74 Å². The van der Waals surface area contributed by atoms with Gasteiger partial charge in [0.25, 0.3) is 0 Å². The number of rotatable bonds is 8. The van der Waals surface area contributed by atoms with Gasteiger partial charge in [0.2, 0.25) is 0 Å². The zero-order chi connectivity index (χ0) is 15.3. The van der Waals surface area contributed by atoms with Gasteiger partial charge >= 0.3 is 5.97 Å². The smallest absolute Gasteiger partial charge is 0.327 e. The fourth-order valence-electron chi connectivity index (χ4n) is 2.42. The maximum absolute atomic E-state index is 12.5. The minimum atomic E-state index is -0.591. The van der Waals surface area contributed by atoms with Crippen molar-refractivity contribution in [1.29, 1.82) is 0 Å². The molecule has 0 spiro atoms. The summed E-state index contributed by atoms with van der Waals surface area (Å²) >= 11 is 5.10. The quantitative estimate of drug-likeness (QED) is 0.560. The Labute approximate surface area is 138 Å². The first-order chi connectivity index (χ1) is 10.1. The first kappa shape index (κ1) is 16.8. The standard InChI is InChI=1S/C15H21BrN2O2S/c1-3-18-15(11-7-8-11,14(19)20-4-2)10-21-13-12(16)6-5-9-17-13/h5-6,9,11,18H,3-4,7-8,10H2,1-2H3. The topological polar surface area (TPSA) is 51.2 Å². The van der Waals surface area contributed by atoms with Gasteiger partial charge in [-0.2, -0.15) is 0 Å². The molecule has 1 fully saturated rings. The van der Waals surface area contributed by atoms with Crippen LogP contribution >= 0.6 is 27.7 Å². The highest BCUT2D eigenvalue weighted by atomic mass is 79.9. The van der Waals surface area contributed by atoms with Crippen molar-refractivity contribution in [2.24, 2.45) is 5.92 Å². The number of nitrogens with one attached hydrogen (secondary N) is 1. The number of ether oxygens (including phenoxy) is 1. The molecule has 1 aliphatic rings. The molecule has 1 heterocycles. The molecule has 1 aliphatic carbocycles. The van der Waals surface area contributed by atoms with Gasteiger partial charge in [0.15, 0.2) is 0 Å². The fraction of sp³-hybridized carbons (Fsp3) is 0.600. The molecule has 0 bridgehead atoms. The Morgan fingerprint density at radius 3 is 2.90 bits per heavy atom. The van der Waals surface area contributed by atoms with E-state index in [9.17, 15) is 4.79 Å². The van der Waals surface area contributed by atoms with Crippen molar-refractivity contribution in [3.63, 3.8) is 0 Å². The van der Waals surface area contributed by atoms with Crippen LogP contribution in [0.2, 0.25) is 0 Å². The van der Waals surface area contributed by atoms with Crippen molar-refractivity contribution in [2.45, 2.75) is 37.3 Å². The summed E-state index contributed by atoms with van der Waals surface area (Å²) in [6.45, 7) is 5.04. The molecule has 0 aliphatic heterocycles. The molecule has 0 aromatic carbocycles. The van der Waals surface area contributed by atoms with Crippen molar-refractivity contribution < 1.29 is 9.53 Å². The normalized spacial score (nSPS) is 17.3. The van der Waals surface area contributed by atoms with Gasteiger partial charge < -0.3 is 10.1 Å². The zero-order valence-corrected chi connectivity index (χ0v) is 14.8. The van der Waals surface area contributed by atoms with Gasteiger partial charge in [-0.25, -0.2) is 4.98 Å². The van der Waals surface area contributed by atoms with Crippen LogP contribution in [0.3, 0.4) is 0 Å². The van der Waals surface area contributed by atoms with Gasteiger partial charge in [0.1, 0.15) is 10.6 Å². The number of pyridine rings is 1. The molecule has 0 radical (unpaired) electrons. The Morgan fingerprint density at radius 2 is 2.33 bits per heavy atom. The third-order valence-corrected chi connectivity index (χ3v) is 5.67. The number of esters is 1. The fourth-order valence-corrected chi connectivity index (χ4v) is 4.18. The summed E-state index contributed by atoms with van der Waals surface area (Å²) in [7, 11) is 0. The summed E-state index contributed by atoms with van der Waals surface area (Å²) in [5, 5.41) is 4.30. The number of carbonyl (C=O) groups excluding carboxylic acids is 1. The van der Waals surface area contributed by atoms with E-state index in [1.165, 1.54) is 0 Å². The predicted molar refractivity (Wildman–Crippen MR) is 88.4 cm³/mol. The number of likely N-dealkylation sites (N-methyl/N-ethyl adjacent to an activating group) is 1. The second-order valence-electron chi connectivity index (χ2n) is 5.08. The number of nitrogens with zero attached hydrogens (tertiary/aromatic N) is 1. The van der Waals surface area contributed by atoms with Crippen molar-refractivity contribution in [2.75, 3.05) is 18.9 Å². The lowest BCUT2D eigenvalue weighted by atomic mass is 9.95. The van der Waals surface area contributed by atoms with Gasteiger partial charge in [-0.05, 0) is 60.3 Å². The second kappa shape index (κ2) is 7.61. The van der Waals surface area contributed by atoms with Crippen LogP contribution in [0.5, 0.6) is 0 Å². The van der Waals surface area contributed by atoms with Gasteiger partial charge in [0.05, 0.1) is 6.61 Å². The highest BCUT2D eigenvalue weighted by molar-refractivity contribution is 9.10. The van der Waals surface area contributed by atoms with Crippen LogP contribution in [0.1, 0.15) is 26.7 Å². The molecule has 1 N–H and O–H groups in total. The number of thioether (sulfide) groups is 1. The van der Waals surface area contributed by atoms with Gasteiger partial charge in [-0.15, -0.1) is 11.8 Å². The molecule has 0 amide bonds. The van der Waals surface area contributed by atoms with Gasteiger partial charge in [-0.3, -0.25) is 4.79 Å². The minimum absolute atomic E-state index is 0.131. The third-order valence-electron chi connectivity index (χ3n) is 3.57. The average Bonchev–Trinajstić information content (AvgIpc) is 3.30. The molecule has 6 heteroatoms. The molecule has 1 saturated carbocycles. The van der Waals surface area contributed by atoms with Crippen molar-refractivity contribution >= 4 is 33.7 Å². The molecule has 1 atom stereocenters. The Balaban J connectivity index is 2.15. The summed E-state index contributed by atoms with van der Waals surface area (Å²) in [5.41, 5.74) is -0.591. The Kier molecular flexibility index (Phi) is 6.08. The molecule has 1 unspecified atom stereocenters. The second-order valence-corrected chi connectivity index (χ2v) is 6.89. The molecule has 21 heavy (non-hydrogen) atoms. The molecule has 1 aromatic rings. The number of hydrogen-bond donors (Lipinski definition) is 1. The third kappa shape index (κ3) is 3.99. The Morgan fingerprint density at radius 1 is 1.57 bits per heavy atom. The highest BCUT2D eigenvalue weighted by Crippen LogP contribution is 2.43.